The number of carboxylic acids is 1. The van der Waals surface area contributed by atoms with Gasteiger partial charge in [0.25, 0.3) is 5.91 Å². The third kappa shape index (κ3) is 2.63. The summed E-state index contributed by atoms with van der Waals surface area (Å²) in [6, 6.07) is 5.78. The lowest BCUT2D eigenvalue weighted by molar-refractivity contribution is 0.0685. The Labute approximate surface area is 128 Å². The van der Waals surface area contributed by atoms with Gasteiger partial charge >= 0.3 is 5.97 Å². The molecule has 2 heterocycles. The van der Waals surface area contributed by atoms with Crippen LogP contribution in [-0.2, 0) is 0 Å². The first-order valence-corrected chi connectivity index (χ1v) is 7.09. The van der Waals surface area contributed by atoms with Gasteiger partial charge in [0.15, 0.2) is 16.5 Å². The van der Waals surface area contributed by atoms with Crippen LogP contribution in [0.15, 0.2) is 30.6 Å². The number of hydrogen-bond donors (Lipinski definition) is 2. The molecule has 0 aliphatic carbocycles. The number of anilines is 1. The molecule has 0 bridgehead atoms. The number of aryl methyl sites for hydroxylation is 1. The van der Waals surface area contributed by atoms with Crippen molar-refractivity contribution in [3.8, 4) is 0 Å². The maximum atomic E-state index is 12.2. The number of carbonyl (C=O) groups is 2. The number of fused-ring (bicyclic) bond motifs is 1. The molecule has 0 atom stereocenters. The Balaban J connectivity index is 1.91. The van der Waals surface area contributed by atoms with Crippen LogP contribution >= 0.6 is 11.3 Å². The highest BCUT2D eigenvalue weighted by Gasteiger charge is 2.20. The number of rotatable bonds is 3. The van der Waals surface area contributed by atoms with Crippen molar-refractivity contribution in [1.29, 1.82) is 0 Å². The number of benzene rings is 1. The Bertz CT molecular complexity index is 891. The molecule has 3 rings (SSSR count). The van der Waals surface area contributed by atoms with Gasteiger partial charge < -0.3 is 5.11 Å². The number of nitrogens with zero attached hydrogens (tertiary/aromatic N) is 3. The summed E-state index contributed by atoms with van der Waals surface area (Å²) < 4.78 is 0.929. The minimum absolute atomic E-state index is 0.245. The van der Waals surface area contributed by atoms with Gasteiger partial charge in [-0.2, -0.15) is 0 Å². The zero-order chi connectivity index (χ0) is 15.7. The predicted octanol–water partition coefficient (Wildman–Crippen LogP) is 2.35. The van der Waals surface area contributed by atoms with Crippen molar-refractivity contribution in [2.75, 3.05) is 5.32 Å². The topological polar surface area (TPSA) is 105 Å². The second kappa shape index (κ2) is 5.49. The third-order valence-corrected chi connectivity index (χ3v) is 3.83. The number of amides is 1. The van der Waals surface area contributed by atoms with Crippen LogP contribution in [0.5, 0.6) is 0 Å². The van der Waals surface area contributed by atoms with Crippen molar-refractivity contribution in [3.05, 3.63) is 47.5 Å². The van der Waals surface area contributed by atoms with E-state index in [1.54, 1.807) is 0 Å². The molecule has 0 unspecified atom stereocenters. The van der Waals surface area contributed by atoms with Gasteiger partial charge in [0.1, 0.15) is 0 Å². The largest absolute Gasteiger partial charge is 0.476 e. The fraction of sp³-hybridized carbons (Fsp3) is 0.0714. The van der Waals surface area contributed by atoms with Gasteiger partial charge in [-0.25, -0.2) is 19.7 Å². The normalized spacial score (nSPS) is 10.6. The molecule has 1 amide bonds. The van der Waals surface area contributed by atoms with Gasteiger partial charge in [0.2, 0.25) is 0 Å². The van der Waals surface area contributed by atoms with E-state index in [0.29, 0.717) is 5.13 Å². The fourth-order valence-corrected chi connectivity index (χ4v) is 2.75. The van der Waals surface area contributed by atoms with Gasteiger partial charge in [0.05, 0.1) is 10.2 Å². The molecule has 2 N–H and O–H groups in total. The first kappa shape index (κ1) is 14.1. The van der Waals surface area contributed by atoms with E-state index in [9.17, 15) is 9.59 Å². The summed E-state index contributed by atoms with van der Waals surface area (Å²) in [6.45, 7) is 1.95. The Morgan fingerprint density at radius 2 is 1.91 bits per heavy atom. The fourth-order valence-electron chi connectivity index (χ4n) is 1.91. The molecular weight excluding hydrogens is 304 g/mol. The van der Waals surface area contributed by atoms with Gasteiger partial charge in [-0.05, 0) is 24.6 Å². The van der Waals surface area contributed by atoms with Crippen LogP contribution < -0.4 is 5.32 Å². The molecule has 0 radical (unpaired) electrons. The van der Waals surface area contributed by atoms with Crippen LogP contribution in [0, 0.1) is 6.92 Å². The van der Waals surface area contributed by atoms with E-state index in [4.69, 9.17) is 5.11 Å². The molecule has 0 spiro atoms. The maximum absolute atomic E-state index is 12.2. The van der Waals surface area contributed by atoms with Crippen molar-refractivity contribution in [1.82, 2.24) is 15.0 Å². The molecule has 22 heavy (non-hydrogen) atoms. The van der Waals surface area contributed by atoms with Gasteiger partial charge in [-0.1, -0.05) is 17.4 Å². The van der Waals surface area contributed by atoms with Crippen molar-refractivity contribution >= 4 is 38.6 Å². The van der Waals surface area contributed by atoms with Gasteiger partial charge in [-0.15, -0.1) is 0 Å². The Hall–Kier alpha value is -2.87. The van der Waals surface area contributed by atoms with Crippen LogP contribution in [0.3, 0.4) is 0 Å². The summed E-state index contributed by atoms with van der Waals surface area (Å²) in [5.74, 6) is -1.96. The average Bonchev–Trinajstić information content (AvgIpc) is 2.88. The summed E-state index contributed by atoms with van der Waals surface area (Å²) in [7, 11) is 0. The number of aromatic carboxylic acids is 1. The Kier molecular flexibility index (Phi) is 3.51. The molecule has 1 aromatic carbocycles. The van der Waals surface area contributed by atoms with Crippen LogP contribution in [0.1, 0.15) is 26.5 Å². The lowest BCUT2D eigenvalue weighted by Crippen LogP contribution is -2.19. The van der Waals surface area contributed by atoms with E-state index < -0.39 is 17.6 Å². The van der Waals surface area contributed by atoms with Crippen molar-refractivity contribution in [2.24, 2.45) is 0 Å². The monoisotopic (exact) mass is 314 g/mol. The van der Waals surface area contributed by atoms with Crippen molar-refractivity contribution < 1.29 is 14.7 Å². The zero-order valence-corrected chi connectivity index (χ0v) is 12.2. The summed E-state index contributed by atoms with van der Waals surface area (Å²) >= 11 is 1.30. The molecular formula is C14H10N4O3S. The number of carboxylic acid groups (broad SMARTS) is 1. The molecule has 7 nitrogen and oxygen atoms in total. The van der Waals surface area contributed by atoms with Crippen LogP contribution in [0.2, 0.25) is 0 Å². The molecule has 110 valence electrons. The molecule has 0 fully saturated rings. The molecule has 0 saturated carbocycles. The zero-order valence-electron chi connectivity index (χ0n) is 11.4. The molecule has 0 saturated heterocycles. The van der Waals surface area contributed by atoms with Crippen LogP contribution in [0.4, 0.5) is 5.13 Å². The van der Waals surface area contributed by atoms with E-state index in [-0.39, 0.29) is 5.69 Å². The summed E-state index contributed by atoms with van der Waals surface area (Å²) in [4.78, 5) is 35.0. The Morgan fingerprint density at radius 3 is 2.64 bits per heavy atom. The van der Waals surface area contributed by atoms with E-state index >= 15 is 0 Å². The molecule has 3 aromatic rings. The first-order valence-electron chi connectivity index (χ1n) is 6.27. The standard InChI is InChI=1S/C14H10N4O3S/c1-7-2-3-9-8(6-7)17-14(22-9)18-12(19)10-11(13(20)21)16-5-4-15-10/h2-6H,1H3,(H,20,21)(H,17,18,19). The minimum atomic E-state index is -1.31. The Morgan fingerprint density at radius 1 is 1.18 bits per heavy atom. The van der Waals surface area contributed by atoms with Crippen molar-refractivity contribution in [3.63, 3.8) is 0 Å². The van der Waals surface area contributed by atoms with Crippen LogP contribution in [-0.4, -0.2) is 31.9 Å². The van der Waals surface area contributed by atoms with Gasteiger partial charge in [0, 0.05) is 12.4 Å². The molecule has 8 heteroatoms. The smallest absolute Gasteiger partial charge is 0.356 e. The summed E-state index contributed by atoms with van der Waals surface area (Å²) in [6.07, 6.45) is 2.49. The molecule has 0 aliphatic rings. The SMILES string of the molecule is Cc1ccc2sc(NC(=O)c3nccnc3C(=O)O)nc2c1. The van der Waals surface area contributed by atoms with E-state index in [1.807, 2.05) is 25.1 Å². The lowest BCUT2D eigenvalue weighted by atomic mass is 10.2. The highest BCUT2D eigenvalue weighted by molar-refractivity contribution is 7.22. The number of thiazole rings is 1. The maximum Gasteiger partial charge on any atom is 0.356 e. The number of carbonyl (C=O) groups excluding carboxylic acids is 1. The van der Waals surface area contributed by atoms with E-state index in [0.717, 1.165) is 15.8 Å². The first-order chi connectivity index (χ1) is 10.5. The number of aromatic nitrogens is 3. The van der Waals surface area contributed by atoms with E-state index in [1.165, 1.54) is 23.7 Å². The van der Waals surface area contributed by atoms with E-state index in [2.05, 4.69) is 20.3 Å². The quantitative estimate of drug-likeness (QED) is 0.768. The third-order valence-electron chi connectivity index (χ3n) is 2.88. The highest BCUT2D eigenvalue weighted by atomic mass is 32.1. The molecule has 2 aromatic heterocycles. The summed E-state index contributed by atoms with van der Waals surface area (Å²) in [5, 5.41) is 12.0. The molecule has 0 aliphatic heterocycles. The average molecular weight is 314 g/mol. The lowest BCUT2D eigenvalue weighted by Gasteiger charge is -2.02. The van der Waals surface area contributed by atoms with Gasteiger partial charge in [-0.3, -0.25) is 10.1 Å². The predicted molar refractivity (Wildman–Crippen MR) is 81.3 cm³/mol. The highest BCUT2D eigenvalue weighted by Crippen LogP contribution is 2.26. The minimum Gasteiger partial charge on any atom is -0.476 e. The second-order valence-electron chi connectivity index (χ2n) is 4.50. The van der Waals surface area contributed by atoms with Crippen LogP contribution in [0.25, 0.3) is 10.2 Å². The van der Waals surface area contributed by atoms with Crippen molar-refractivity contribution in [2.45, 2.75) is 6.92 Å². The number of hydrogen-bond acceptors (Lipinski definition) is 6. The second-order valence-corrected chi connectivity index (χ2v) is 5.53. The number of nitrogens with one attached hydrogen (secondary N) is 1. The summed E-state index contributed by atoms with van der Waals surface area (Å²) in [5.41, 5.74) is 1.21.